The van der Waals surface area contributed by atoms with Crippen molar-refractivity contribution in [1.82, 2.24) is 10.2 Å². The second-order valence-electron chi connectivity index (χ2n) is 11.5. The Morgan fingerprint density at radius 3 is 2.20 bits per heavy atom. The van der Waals surface area contributed by atoms with E-state index in [1.165, 1.54) is 17.0 Å². The number of hydrogen-bond acceptors (Lipinski definition) is 4. The van der Waals surface area contributed by atoms with Gasteiger partial charge in [-0.1, -0.05) is 103 Å². The van der Waals surface area contributed by atoms with E-state index in [1.54, 1.807) is 37.3 Å². The average Bonchev–Trinajstić information content (AvgIpc) is 3.04. The molecule has 1 unspecified atom stereocenters. The minimum atomic E-state index is -4.22. The van der Waals surface area contributed by atoms with E-state index < -0.39 is 28.5 Å². The van der Waals surface area contributed by atoms with Gasteiger partial charge in [-0.25, -0.2) is 8.42 Å². The number of rotatable bonds is 14. The third-order valence-corrected chi connectivity index (χ3v) is 10.3. The van der Waals surface area contributed by atoms with Gasteiger partial charge in [-0.15, -0.1) is 0 Å². The predicted molar refractivity (Wildman–Crippen MR) is 185 cm³/mol. The van der Waals surface area contributed by atoms with Gasteiger partial charge in [-0.05, 0) is 73.7 Å². The number of nitrogens with zero attached hydrogens (tertiary/aromatic N) is 2. The van der Waals surface area contributed by atoms with Crippen molar-refractivity contribution in [2.45, 2.75) is 64.4 Å². The first kappa shape index (κ1) is 34.7. The van der Waals surface area contributed by atoms with Crippen molar-refractivity contribution in [3.05, 3.63) is 130 Å². The molecule has 0 bridgehead atoms. The molecule has 0 aliphatic carbocycles. The van der Waals surface area contributed by atoms with Gasteiger partial charge in [0.1, 0.15) is 12.6 Å². The molecule has 0 radical (unpaired) electrons. The maximum absolute atomic E-state index is 14.6. The Hall–Kier alpha value is -4.14. The van der Waals surface area contributed by atoms with Gasteiger partial charge in [0.25, 0.3) is 10.0 Å². The summed E-state index contributed by atoms with van der Waals surface area (Å²) < 4.78 is 29.7. The van der Waals surface area contributed by atoms with Crippen LogP contribution in [0, 0.1) is 20.8 Å². The predicted octanol–water partition coefficient (Wildman–Crippen LogP) is 7.02. The van der Waals surface area contributed by atoms with Crippen molar-refractivity contribution < 1.29 is 18.0 Å². The van der Waals surface area contributed by atoms with Gasteiger partial charge < -0.3 is 10.2 Å². The van der Waals surface area contributed by atoms with Crippen molar-refractivity contribution in [2.24, 2.45) is 0 Å². The lowest BCUT2D eigenvalue weighted by Gasteiger charge is -2.34. The molecule has 4 aromatic rings. The van der Waals surface area contributed by atoms with Crippen molar-refractivity contribution in [3.8, 4) is 0 Å². The minimum Gasteiger partial charge on any atom is -0.354 e. The van der Waals surface area contributed by atoms with Gasteiger partial charge >= 0.3 is 0 Å². The zero-order chi connectivity index (χ0) is 33.3. The third-order valence-electron chi connectivity index (χ3n) is 8.10. The quantitative estimate of drug-likeness (QED) is 0.148. The summed E-state index contributed by atoms with van der Waals surface area (Å²) in [6, 6.07) is 27.8. The lowest BCUT2D eigenvalue weighted by molar-refractivity contribution is -0.140. The Morgan fingerprint density at radius 2 is 1.52 bits per heavy atom. The Labute approximate surface area is 278 Å². The van der Waals surface area contributed by atoms with Crippen LogP contribution in [0.4, 0.5) is 5.69 Å². The van der Waals surface area contributed by atoms with Crippen LogP contribution in [-0.2, 0) is 32.6 Å². The van der Waals surface area contributed by atoms with Crippen LogP contribution in [0.15, 0.2) is 102 Å². The SMILES string of the molecule is CCCCNC(=O)C(Cc1ccccc1)N(Cc1ccccc1C)C(=O)CN(c1cccc(Cl)c1C)S(=O)(=O)c1ccc(C)cc1. The van der Waals surface area contributed by atoms with Gasteiger partial charge in [-0.2, -0.15) is 0 Å². The maximum Gasteiger partial charge on any atom is 0.264 e. The summed E-state index contributed by atoms with van der Waals surface area (Å²) in [5.74, 6) is -0.795. The fourth-order valence-corrected chi connectivity index (χ4v) is 6.89. The highest BCUT2D eigenvalue weighted by atomic mass is 35.5. The van der Waals surface area contributed by atoms with Gasteiger partial charge in [-0.3, -0.25) is 13.9 Å². The van der Waals surface area contributed by atoms with Crippen LogP contribution in [0.25, 0.3) is 0 Å². The number of anilines is 1. The van der Waals surface area contributed by atoms with Crippen LogP contribution >= 0.6 is 11.6 Å². The Bertz CT molecular complexity index is 1740. The molecule has 7 nitrogen and oxygen atoms in total. The molecule has 4 aromatic carbocycles. The second-order valence-corrected chi connectivity index (χ2v) is 13.8. The maximum atomic E-state index is 14.6. The summed E-state index contributed by atoms with van der Waals surface area (Å²) in [7, 11) is -4.22. The zero-order valence-electron chi connectivity index (χ0n) is 26.9. The lowest BCUT2D eigenvalue weighted by Crippen LogP contribution is -2.53. The fraction of sp³-hybridized carbons (Fsp3) is 0.297. The molecule has 0 heterocycles. The number of carbonyl (C=O) groups is 2. The Morgan fingerprint density at radius 1 is 0.848 bits per heavy atom. The number of unbranched alkanes of at least 4 members (excludes halogenated alkanes) is 1. The lowest BCUT2D eigenvalue weighted by atomic mass is 10.0. The first-order valence-electron chi connectivity index (χ1n) is 15.5. The van der Waals surface area contributed by atoms with E-state index in [1.807, 2.05) is 75.4 Å². The zero-order valence-corrected chi connectivity index (χ0v) is 28.4. The standard InChI is InChI=1S/C37H42ClN3O4S/c1-5-6-23-39-37(43)35(24-30-14-8-7-9-15-30)40(25-31-16-11-10-13-28(31)3)36(42)26-41(34-18-12-17-33(38)29(34)4)46(44,45)32-21-19-27(2)20-22-32/h7-22,35H,5-6,23-26H2,1-4H3,(H,39,43). The molecule has 0 spiro atoms. The molecule has 46 heavy (non-hydrogen) atoms. The highest BCUT2D eigenvalue weighted by Gasteiger charge is 2.35. The van der Waals surface area contributed by atoms with E-state index in [4.69, 9.17) is 11.6 Å². The Balaban J connectivity index is 1.83. The van der Waals surface area contributed by atoms with Crippen LogP contribution in [-0.4, -0.2) is 44.3 Å². The van der Waals surface area contributed by atoms with Crippen molar-refractivity contribution in [1.29, 1.82) is 0 Å². The highest BCUT2D eigenvalue weighted by Crippen LogP contribution is 2.31. The number of aryl methyl sites for hydroxylation is 2. The number of hydrogen-bond donors (Lipinski definition) is 1. The van der Waals surface area contributed by atoms with E-state index in [9.17, 15) is 18.0 Å². The molecular weight excluding hydrogens is 618 g/mol. The smallest absolute Gasteiger partial charge is 0.264 e. The number of sulfonamides is 1. The molecule has 2 amide bonds. The molecule has 1 N–H and O–H groups in total. The van der Waals surface area contributed by atoms with Crippen LogP contribution in [0.5, 0.6) is 0 Å². The topological polar surface area (TPSA) is 86.8 Å². The fourth-order valence-electron chi connectivity index (χ4n) is 5.25. The van der Waals surface area contributed by atoms with Crippen LogP contribution in [0.3, 0.4) is 0 Å². The molecule has 0 aliphatic heterocycles. The molecule has 0 fully saturated rings. The number of halogens is 1. The largest absolute Gasteiger partial charge is 0.354 e. The van der Waals surface area contributed by atoms with Gasteiger partial charge in [0, 0.05) is 24.5 Å². The van der Waals surface area contributed by atoms with Gasteiger partial charge in [0.15, 0.2) is 0 Å². The normalized spacial score (nSPS) is 11.9. The molecule has 0 aromatic heterocycles. The minimum absolute atomic E-state index is 0.0499. The first-order valence-corrected chi connectivity index (χ1v) is 17.3. The molecule has 0 saturated heterocycles. The Kier molecular flexibility index (Phi) is 12.0. The number of amides is 2. The van der Waals surface area contributed by atoms with Crippen LogP contribution < -0.4 is 9.62 Å². The monoisotopic (exact) mass is 659 g/mol. The van der Waals surface area contributed by atoms with E-state index >= 15 is 0 Å². The summed E-state index contributed by atoms with van der Waals surface area (Å²) in [6.07, 6.45) is 1.96. The summed E-state index contributed by atoms with van der Waals surface area (Å²) >= 11 is 6.47. The third kappa shape index (κ3) is 8.56. The molecule has 0 aliphatic rings. The molecule has 4 rings (SSSR count). The van der Waals surface area contributed by atoms with Crippen molar-refractivity contribution in [3.63, 3.8) is 0 Å². The van der Waals surface area contributed by atoms with E-state index in [2.05, 4.69) is 5.32 Å². The summed E-state index contributed by atoms with van der Waals surface area (Å²) in [5, 5.41) is 3.40. The van der Waals surface area contributed by atoms with E-state index in [0.717, 1.165) is 39.4 Å². The van der Waals surface area contributed by atoms with Crippen molar-refractivity contribution >= 4 is 39.1 Å². The number of nitrogens with one attached hydrogen (secondary N) is 1. The molecular formula is C37H42ClN3O4S. The summed E-state index contributed by atoms with van der Waals surface area (Å²) in [4.78, 5) is 30.1. The molecule has 242 valence electrons. The highest BCUT2D eigenvalue weighted by molar-refractivity contribution is 7.92. The van der Waals surface area contributed by atoms with Crippen molar-refractivity contribution in [2.75, 3.05) is 17.4 Å². The average molecular weight is 660 g/mol. The van der Waals surface area contributed by atoms with E-state index in [-0.39, 0.29) is 23.8 Å². The molecule has 0 saturated carbocycles. The number of benzene rings is 4. The summed E-state index contributed by atoms with van der Waals surface area (Å²) in [5.41, 5.74) is 4.43. The molecule has 9 heteroatoms. The first-order chi connectivity index (χ1) is 22.0. The van der Waals surface area contributed by atoms with Crippen LogP contribution in [0.2, 0.25) is 5.02 Å². The van der Waals surface area contributed by atoms with E-state index in [0.29, 0.717) is 22.8 Å². The number of carbonyl (C=O) groups excluding carboxylic acids is 2. The van der Waals surface area contributed by atoms with Crippen LogP contribution in [0.1, 0.15) is 47.6 Å². The summed E-state index contributed by atoms with van der Waals surface area (Å²) in [6.45, 7) is 7.67. The second kappa shape index (κ2) is 15.9. The van der Waals surface area contributed by atoms with Gasteiger partial charge in [0.05, 0.1) is 10.6 Å². The molecule has 1 atom stereocenters. The van der Waals surface area contributed by atoms with Gasteiger partial charge in [0.2, 0.25) is 11.8 Å².